The SMILES string of the molecule is COc1cc2nc(CNCC3(c4ccccc4)CCN(C(=O)C[C@@H](C)O)CC3)nc(N)c2cc1OC. The maximum atomic E-state index is 12.5. The van der Waals surface area contributed by atoms with Gasteiger partial charge in [-0.05, 0) is 31.4 Å². The summed E-state index contributed by atoms with van der Waals surface area (Å²) in [4.78, 5) is 23.5. The average molecular weight is 494 g/mol. The third kappa shape index (κ3) is 5.52. The van der Waals surface area contributed by atoms with E-state index in [1.54, 1.807) is 33.3 Å². The van der Waals surface area contributed by atoms with Crippen molar-refractivity contribution < 1.29 is 19.4 Å². The molecule has 0 unspecified atom stereocenters. The number of piperidine rings is 1. The van der Waals surface area contributed by atoms with Gasteiger partial charge in [0.2, 0.25) is 5.91 Å². The predicted octanol–water partition coefficient (Wildman–Crippen LogP) is 2.65. The number of aliphatic hydroxyl groups excluding tert-OH is 1. The minimum absolute atomic E-state index is 0.00622. The highest BCUT2D eigenvalue weighted by Gasteiger charge is 2.37. The van der Waals surface area contributed by atoms with Crippen LogP contribution < -0.4 is 20.5 Å². The lowest BCUT2D eigenvalue weighted by atomic mass is 9.72. The molecule has 2 aromatic carbocycles. The number of rotatable bonds is 9. The molecule has 4 rings (SSSR count). The van der Waals surface area contributed by atoms with E-state index in [9.17, 15) is 9.90 Å². The summed E-state index contributed by atoms with van der Waals surface area (Å²) >= 11 is 0. The normalized spacial score (nSPS) is 16.1. The molecule has 1 amide bonds. The molecule has 36 heavy (non-hydrogen) atoms. The molecule has 1 aliphatic rings. The van der Waals surface area contributed by atoms with Gasteiger partial charge in [0.25, 0.3) is 0 Å². The fourth-order valence-corrected chi connectivity index (χ4v) is 4.95. The Morgan fingerprint density at radius 1 is 1.14 bits per heavy atom. The molecule has 1 saturated heterocycles. The topological polar surface area (TPSA) is 123 Å². The van der Waals surface area contributed by atoms with Crippen molar-refractivity contribution in [3.63, 3.8) is 0 Å². The third-order valence-corrected chi connectivity index (χ3v) is 6.95. The van der Waals surface area contributed by atoms with Crippen LogP contribution >= 0.6 is 0 Å². The van der Waals surface area contributed by atoms with Crippen LogP contribution in [-0.2, 0) is 16.8 Å². The van der Waals surface area contributed by atoms with Gasteiger partial charge in [0.15, 0.2) is 11.5 Å². The van der Waals surface area contributed by atoms with Crippen molar-refractivity contribution in [2.24, 2.45) is 0 Å². The number of aromatic nitrogens is 2. The van der Waals surface area contributed by atoms with Gasteiger partial charge in [-0.15, -0.1) is 0 Å². The van der Waals surface area contributed by atoms with Crippen molar-refractivity contribution >= 4 is 22.6 Å². The van der Waals surface area contributed by atoms with Gasteiger partial charge in [-0.2, -0.15) is 0 Å². The van der Waals surface area contributed by atoms with Crippen molar-refractivity contribution in [1.82, 2.24) is 20.2 Å². The Hall–Kier alpha value is -3.43. The highest BCUT2D eigenvalue weighted by molar-refractivity contribution is 5.90. The van der Waals surface area contributed by atoms with Gasteiger partial charge in [-0.3, -0.25) is 4.79 Å². The number of amides is 1. The first-order chi connectivity index (χ1) is 17.3. The largest absolute Gasteiger partial charge is 0.493 e. The third-order valence-electron chi connectivity index (χ3n) is 6.95. The van der Waals surface area contributed by atoms with Crippen LogP contribution in [0.5, 0.6) is 11.5 Å². The van der Waals surface area contributed by atoms with Crippen molar-refractivity contribution in [3.05, 3.63) is 53.9 Å². The number of hydrogen-bond acceptors (Lipinski definition) is 8. The van der Waals surface area contributed by atoms with Crippen LogP contribution in [0, 0.1) is 0 Å². The molecule has 0 bridgehead atoms. The summed E-state index contributed by atoms with van der Waals surface area (Å²) in [7, 11) is 3.16. The van der Waals surface area contributed by atoms with E-state index in [0.717, 1.165) is 12.8 Å². The number of ether oxygens (including phenoxy) is 2. The minimum atomic E-state index is -0.629. The van der Waals surface area contributed by atoms with Crippen LogP contribution in [-0.4, -0.2) is 65.8 Å². The molecule has 192 valence electrons. The quantitative estimate of drug-likeness (QED) is 0.416. The fourth-order valence-electron chi connectivity index (χ4n) is 4.95. The van der Waals surface area contributed by atoms with Gasteiger partial charge in [0.1, 0.15) is 11.6 Å². The molecule has 1 atom stereocenters. The molecule has 1 aliphatic heterocycles. The molecule has 0 spiro atoms. The number of anilines is 1. The lowest BCUT2D eigenvalue weighted by Gasteiger charge is -2.42. The van der Waals surface area contributed by atoms with Gasteiger partial charge < -0.3 is 30.5 Å². The summed E-state index contributed by atoms with van der Waals surface area (Å²) in [5.74, 6) is 2.16. The minimum Gasteiger partial charge on any atom is -0.493 e. The highest BCUT2D eigenvalue weighted by Crippen LogP contribution is 2.36. The Kier molecular flexibility index (Phi) is 7.91. The van der Waals surface area contributed by atoms with Crippen molar-refractivity contribution in [2.45, 2.75) is 44.2 Å². The monoisotopic (exact) mass is 493 g/mol. The fraction of sp³-hybridized carbons (Fsp3) is 0.444. The van der Waals surface area contributed by atoms with Gasteiger partial charge in [-0.1, -0.05) is 30.3 Å². The molecule has 2 heterocycles. The summed E-state index contributed by atoms with van der Waals surface area (Å²) in [5.41, 5.74) is 8.07. The number of hydrogen-bond donors (Lipinski definition) is 3. The number of nitrogens with two attached hydrogens (primary N) is 1. The molecule has 3 aromatic rings. The van der Waals surface area contributed by atoms with Gasteiger partial charge in [0, 0.05) is 36.5 Å². The Bertz CT molecular complexity index is 1190. The van der Waals surface area contributed by atoms with Crippen LogP contribution in [0.25, 0.3) is 10.9 Å². The lowest BCUT2D eigenvalue weighted by Crippen LogP contribution is -2.49. The second-order valence-electron chi connectivity index (χ2n) is 9.43. The second-order valence-corrected chi connectivity index (χ2v) is 9.43. The molecule has 0 aliphatic carbocycles. The molecule has 4 N–H and O–H groups in total. The van der Waals surface area contributed by atoms with E-state index < -0.39 is 6.10 Å². The molecule has 0 saturated carbocycles. The molecular weight excluding hydrogens is 458 g/mol. The number of benzene rings is 2. The number of aliphatic hydroxyl groups is 1. The standard InChI is InChI=1S/C27H35N5O4/c1-18(33)13-25(34)32-11-9-27(10-12-32,19-7-5-4-6-8-19)17-29-16-24-30-21-15-23(36-3)22(35-2)14-20(21)26(28)31-24/h4-8,14-15,18,29,33H,9-13,16-17H2,1-3H3,(H2,28,30,31)/t18-/m1/s1. The Labute approximate surface area is 211 Å². The number of nitrogens with zero attached hydrogens (tertiary/aromatic N) is 3. The summed E-state index contributed by atoms with van der Waals surface area (Å²) < 4.78 is 10.8. The van der Waals surface area contributed by atoms with E-state index in [1.807, 2.05) is 11.0 Å². The number of nitrogens with one attached hydrogen (secondary N) is 1. The van der Waals surface area contributed by atoms with Gasteiger partial charge >= 0.3 is 0 Å². The number of carbonyl (C=O) groups is 1. The Morgan fingerprint density at radius 2 is 1.81 bits per heavy atom. The Morgan fingerprint density at radius 3 is 2.44 bits per heavy atom. The maximum absolute atomic E-state index is 12.5. The van der Waals surface area contributed by atoms with E-state index in [2.05, 4.69) is 34.6 Å². The molecule has 1 fully saturated rings. The van der Waals surface area contributed by atoms with Crippen LogP contribution in [0.1, 0.15) is 37.6 Å². The van der Waals surface area contributed by atoms with Crippen LogP contribution in [0.15, 0.2) is 42.5 Å². The van der Waals surface area contributed by atoms with Crippen molar-refractivity contribution in [2.75, 3.05) is 39.6 Å². The smallest absolute Gasteiger partial charge is 0.225 e. The first kappa shape index (κ1) is 25.7. The summed E-state index contributed by atoms with van der Waals surface area (Å²) in [6.07, 6.45) is 1.18. The van der Waals surface area contributed by atoms with Crippen molar-refractivity contribution in [3.8, 4) is 11.5 Å². The lowest BCUT2D eigenvalue weighted by molar-refractivity contribution is -0.134. The van der Waals surface area contributed by atoms with Crippen LogP contribution in [0.2, 0.25) is 0 Å². The highest BCUT2D eigenvalue weighted by atomic mass is 16.5. The molecular formula is C27H35N5O4. The van der Waals surface area contributed by atoms with E-state index >= 15 is 0 Å². The number of likely N-dealkylation sites (tertiary alicyclic amines) is 1. The summed E-state index contributed by atoms with van der Waals surface area (Å²) in [6, 6.07) is 14.0. The zero-order chi connectivity index (χ0) is 25.7. The van der Waals surface area contributed by atoms with Crippen LogP contribution in [0.3, 0.4) is 0 Å². The first-order valence-corrected chi connectivity index (χ1v) is 12.3. The van der Waals surface area contributed by atoms with Crippen LogP contribution in [0.4, 0.5) is 5.82 Å². The summed E-state index contributed by atoms with van der Waals surface area (Å²) in [6.45, 7) is 4.12. The van der Waals surface area contributed by atoms with Crippen molar-refractivity contribution in [1.29, 1.82) is 0 Å². The van der Waals surface area contributed by atoms with E-state index in [1.165, 1.54) is 5.56 Å². The first-order valence-electron chi connectivity index (χ1n) is 12.3. The van der Waals surface area contributed by atoms with E-state index in [0.29, 0.717) is 60.2 Å². The molecule has 0 radical (unpaired) electrons. The number of fused-ring (bicyclic) bond motifs is 1. The molecule has 9 heteroatoms. The average Bonchev–Trinajstić information content (AvgIpc) is 2.88. The summed E-state index contributed by atoms with van der Waals surface area (Å²) in [5, 5.41) is 13.9. The molecule has 9 nitrogen and oxygen atoms in total. The number of nitrogen functional groups attached to an aromatic ring is 1. The van der Waals surface area contributed by atoms with Gasteiger partial charge in [-0.25, -0.2) is 9.97 Å². The Balaban J connectivity index is 1.49. The van der Waals surface area contributed by atoms with Gasteiger partial charge in [0.05, 0.1) is 38.8 Å². The number of methoxy groups -OCH3 is 2. The zero-order valence-electron chi connectivity index (χ0n) is 21.2. The van der Waals surface area contributed by atoms with E-state index in [-0.39, 0.29) is 17.7 Å². The maximum Gasteiger partial charge on any atom is 0.225 e. The predicted molar refractivity (Wildman–Crippen MR) is 139 cm³/mol. The number of carbonyl (C=O) groups excluding carboxylic acids is 1. The zero-order valence-corrected chi connectivity index (χ0v) is 21.2. The van der Waals surface area contributed by atoms with E-state index in [4.69, 9.17) is 20.2 Å². The second kappa shape index (κ2) is 11.1. The molecule has 1 aromatic heterocycles.